The molecule has 26 heavy (non-hydrogen) atoms. The number of hydrogen-bond donors (Lipinski definition) is 0. The first-order chi connectivity index (χ1) is 12.3. The van der Waals surface area contributed by atoms with Crippen molar-refractivity contribution in [3.05, 3.63) is 34.9 Å². The summed E-state index contributed by atoms with van der Waals surface area (Å²) in [7, 11) is 0. The van der Waals surface area contributed by atoms with Crippen LogP contribution in [0, 0.1) is 11.3 Å². The Bertz CT molecular complexity index is 637. The molecular formula is C23H34O3. The molecule has 1 aromatic carbocycles. The van der Waals surface area contributed by atoms with Crippen molar-refractivity contribution in [2.75, 3.05) is 0 Å². The van der Waals surface area contributed by atoms with Gasteiger partial charge in [-0.1, -0.05) is 59.9 Å². The number of ether oxygens (including phenoxy) is 2. The highest BCUT2D eigenvalue weighted by molar-refractivity contribution is 5.90. The van der Waals surface area contributed by atoms with Gasteiger partial charge in [-0.15, -0.1) is 0 Å². The van der Waals surface area contributed by atoms with Gasteiger partial charge < -0.3 is 9.47 Å². The molecule has 3 atom stereocenters. The molecule has 144 valence electrons. The van der Waals surface area contributed by atoms with Gasteiger partial charge in [0.05, 0.1) is 11.7 Å². The molecule has 3 unspecified atom stereocenters. The van der Waals surface area contributed by atoms with E-state index in [-0.39, 0.29) is 17.5 Å². The molecule has 2 aliphatic rings. The highest BCUT2D eigenvalue weighted by atomic mass is 16.7. The molecule has 0 N–H and O–H groups in total. The van der Waals surface area contributed by atoms with E-state index in [0.717, 1.165) is 19.3 Å². The zero-order valence-corrected chi connectivity index (χ0v) is 17.0. The summed E-state index contributed by atoms with van der Waals surface area (Å²) in [5.74, 6) is 0.927. The largest absolute Gasteiger partial charge is 0.432 e. The minimum Gasteiger partial charge on any atom is -0.432 e. The van der Waals surface area contributed by atoms with Gasteiger partial charge in [-0.2, -0.15) is 0 Å². The molecule has 3 rings (SSSR count). The Morgan fingerprint density at radius 3 is 2.46 bits per heavy atom. The van der Waals surface area contributed by atoms with Gasteiger partial charge in [0.2, 0.25) is 6.29 Å². The number of carbonyl (C=O) groups excluding carboxylic acids is 1. The molecule has 0 amide bonds. The lowest BCUT2D eigenvalue weighted by Gasteiger charge is -2.34. The highest BCUT2D eigenvalue weighted by Crippen LogP contribution is 2.38. The predicted octanol–water partition coefficient (Wildman–Crippen LogP) is 5.86. The van der Waals surface area contributed by atoms with E-state index in [4.69, 9.17) is 9.47 Å². The number of fused-ring (bicyclic) bond motifs is 1. The third-order valence-electron chi connectivity index (χ3n) is 6.05. The first-order valence-corrected chi connectivity index (χ1v) is 10.2. The predicted molar refractivity (Wildman–Crippen MR) is 104 cm³/mol. The van der Waals surface area contributed by atoms with Crippen LogP contribution in [0.1, 0.15) is 94.1 Å². The summed E-state index contributed by atoms with van der Waals surface area (Å²) in [5.41, 5.74) is 3.07. The van der Waals surface area contributed by atoms with Crippen molar-refractivity contribution in [2.45, 2.75) is 91.5 Å². The van der Waals surface area contributed by atoms with Crippen LogP contribution in [-0.4, -0.2) is 18.4 Å². The average Bonchev–Trinajstić information content (AvgIpc) is 2.88. The van der Waals surface area contributed by atoms with Crippen molar-refractivity contribution in [3.8, 4) is 0 Å². The number of rotatable bonds is 4. The third-order valence-corrected chi connectivity index (χ3v) is 6.05. The van der Waals surface area contributed by atoms with Crippen LogP contribution in [-0.2, 0) is 15.9 Å². The second kappa shape index (κ2) is 7.72. The van der Waals surface area contributed by atoms with E-state index in [1.54, 1.807) is 0 Å². The Morgan fingerprint density at radius 2 is 1.81 bits per heavy atom. The fraction of sp³-hybridized carbons (Fsp3) is 0.696. The van der Waals surface area contributed by atoms with Gasteiger partial charge in [0.15, 0.2) is 0 Å². The molecule has 0 heterocycles. The fourth-order valence-electron chi connectivity index (χ4n) is 4.13. The van der Waals surface area contributed by atoms with Crippen molar-refractivity contribution in [1.82, 2.24) is 0 Å². The zero-order chi connectivity index (χ0) is 18.9. The molecule has 0 spiro atoms. The Hall–Kier alpha value is -1.35. The van der Waals surface area contributed by atoms with Gasteiger partial charge in [-0.3, -0.25) is 0 Å². The normalized spacial score (nSPS) is 25.0. The molecular weight excluding hydrogens is 324 g/mol. The molecule has 0 bridgehead atoms. The van der Waals surface area contributed by atoms with Crippen LogP contribution in [0.15, 0.2) is 18.2 Å². The molecule has 1 aromatic rings. The summed E-state index contributed by atoms with van der Waals surface area (Å²) >= 11 is 0. The Balaban J connectivity index is 1.71. The summed E-state index contributed by atoms with van der Waals surface area (Å²) in [6.45, 7) is 10.7. The first kappa shape index (κ1) is 19.4. The molecule has 0 saturated heterocycles. The van der Waals surface area contributed by atoms with E-state index < -0.39 is 6.29 Å². The van der Waals surface area contributed by atoms with Crippen LogP contribution in [0.2, 0.25) is 0 Å². The average molecular weight is 359 g/mol. The van der Waals surface area contributed by atoms with Crippen LogP contribution in [0.4, 0.5) is 0 Å². The van der Waals surface area contributed by atoms with Crippen molar-refractivity contribution in [3.63, 3.8) is 0 Å². The minimum absolute atomic E-state index is 0.211. The second-order valence-corrected chi connectivity index (χ2v) is 9.38. The van der Waals surface area contributed by atoms with Gasteiger partial charge in [-0.25, -0.2) is 4.79 Å². The van der Waals surface area contributed by atoms with Gasteiger partial charge in [0.25, 0.3) is 0 Å². The van der Waals surface area contributed by atoms with Crippen molar-refractivity contribution in [1.29, 1.82) is 0 Å². The Labute approximate surface area is 158 Å². The van der Waals surface area contributed by atoms with Gasteiger partial charge in [0.1, 0.15) is 0 Å². The lowest BCUT2D eigenvalue weighted by Crippen LogP contribution is -2.38. The van der Waals surface area contributed by atoms with E-state index in [1.165, 1.54) is 30.4 Å². The summed E-state index contributed by atoms with van der Waals surface area (Å²) in [5, 5.41) is 0. The van der Waals surface area contributed by atoms with E-state index in [1.807, 2.05) is 12.1 Å². The van der Waals surface area contributed by atoms with E-state index in [0.29, 0.717) is 17.4 Å². The quantitative estimate of drug-likeness (QED) is 0.499. The molecule has 3 nitrogen and oxygen atoms in total. The summed E-state index contributed by atoms with van der Waals surface area (Å²) < 4.78 is 12.1. The van der Waals surface area contributed by atoms with Crippen LogP contribution >= 0.6 is 0 Å². The Kier molecular flexibility index (Phi) is 5.76. The van der Waals surface area contributed by atoms with Gasteiger partial charge in [0, 0.05) is 5.41 Å². The topological polar surface area (TPSA) is 35.5 Å². The number of benzene rings is 1. The maximum atomic E-state index is 12.8. The van der Waals surface area contributed by atoms with Crippen molar-refractivity contribution in [2.24, 2.45) is 11.3 Å². The van der Waals surface area contributed by atoms with Gasteiger partial charge in [-0.05, 0) is 54.4 Å². The SMILES string of the molecule is CC1Cc2cc(C(=O)OC(OC3CCCCC3)C(C)(C)C)ccc2C1C. The molecule has 2 aliphatic carbocycles. The molecule has 0 aromatic heterocycles. The fourth-order valence-corrected chi connectivity index (χ4v) is 4.13. The first-order valence-electron chi connectivity index (χ1n) is 10.2. The molecule has 0 aliphatic heterocycles. The smallest absolute Gasteiger partial charge is 0.340 e. The monoisotopic (exact) mass is 358 g/mol. The third kappa shape index (κ3) is 4.31. The van der Waals surface area contributed by atoms with Gasteiger partial charge >= 0.3 is 5.97 Å². The maximum absolute atomic E-state index is 12.8. The van der Waals surface area contributed by atoms with Crippen LogP contribution in [0.3, 0.4) is 0 Å². The highest BCUT2D eigenvalue weighted by Gasteiger charge is 2.33. The summed E-state index contributed by atoms with van der Waals surface area (Å²) in [6, 6.07) is 6.04. The molecule has 0 radical (unpaired) electrons. The van der Waals surface area contributed by atoms with Crippen molar-refractivity contribution < 1.29 is 14.3 Å². The molecule has 1 fully saturated rings. The summed E-state index contributed by atoms with van der Waals surface area (Å²) in [4.78, 5) is 12.8. The molecule has 3 heteroatoms. The minimum atomic E-state index is -0.510. The number of esters is 1. The van der Waals surface area contributed by atoms with E-state index in [2.05, 4.69) is 40.7 Å². The van der Waals surface area contributed by atoms with E-state index >= 15 is 0 Å². The summed E-state index contributed by atoms with van der Waals surface area (Å²) in [6.07, 6.45) is 6.57. The standard InChI is InChI=1S/C23H34O3/c1-15-13-18-14-17(11-12-20(18)16(15)2)21(24)26-22(23(3,4)5)25-19-9-7-6-8-10-19/h11-12,14-16,19,22H,6-10,13H2,1-5H3. The zero-order valence-electron chi connectivity index (χ0n) is 17.0. The maximum Gasteiger partial charge on any atom is 0.340 e. The number of carbonyl (C=O) groups is 1. The lowest BCUT2D eigenvalue weighted by molar-refractivity contribution is -0.194. The number of hydrogen-bond acceptors (Lipinski definition) is 3. The second-order valence-electron chi connectivity index (χ2n) is 9.38. The lowest BCUT2D eigenvalue weighted by atomic mass is 9.94. The van der Waals surface area contributed by atoms with Crippen LogP contribution in [0.5, 0.6) is 0 Å². The Morgan fingerprint density at radius 1 is 1.12 bits per heavy atom. The van der Waals surface area contributed by atoms with Crippen LogP contribution in [0.25, 0.3) is 0 Å². The van der Waals surface area contributed by atoms with Crippen LogP contribution < -0.4 is 0 Å². The van der Waals surface area contributed by atoms with E-state index in [9.17, 15) is 4.79 Å². The van der Waals surface area contributed by atoms with Crippen molar-refractivity contribution >= 4 is 5.97 Å². The molecule has 1 saturated carbocycles.